The average molecular weight is 380 g/mol. The molecule has 6 nitrogen and oxygen atoms in total. The lowest BCUT2D eigenvalue weighted by molar-refractivity contribution is 0.431. The molecule has 11 heteroatoms. The molecule has 0 amide bonds. The molecule has 0 saturated heterocycles. The van der Waals surface area contributed by atoms with Gasteiger partial charge >= 0.3 is 0 Å². The Labute approximate surface area is 136 Å². The van der Waals surface area contributed by atoms with E-state index in [1.165, 1.54) is 12.1 Å². The molecule has 0 fully saturated rings. The number of hydrogen-bond acceptors (Lipinski definition) is 4. The smallest absolute Gasteiger partial charge is 0.225 e. The predicted octanol–water partition coefficient (Wildman–Crippen LogP) is 1.23. The van der Waals surface area contributed by atoms with Gasteiger partial charge in [-0.3, -0.25) is 0 Å². The molecule has 130 valence electrons. The topological polar surface area (TPSA) is 106 Å². The van der Waals surface area contributed by atoms with Crippen molar-refractivity contribution in [2.24, 2.45) is 5.14 Å². The molecular weight excluding hydrogens is 369 g/mol. The standard InChI is InChI=1S/C13H11F3N2O4S2/c14-10-5-6-11(13(16)12(10)15)24(21,22)18-7-8-1-3-9(4-2-8)23(17,19)20/h1-6,18H,7H2,(H2,17,19,20). The van der Waals surface area contributed by atoms with Gasteiger partial charge in [0.1, 0.15) is 4.90 Å². The number of nitrogens with one attached hydrogen (secondary N) is 1. The number of rotatable bonds is 5. The first-order chi connectivity index (χ1) is 11.0. The summed E-state index contributed by atoms with van der Waals surface area (Å²) < 4.78 is 87.6. The summed E-state index contributed by atoms with van der Waals surface area (Å²) in [7, 11) is -8.33. The van der Waals surface area contributed by atoms with Crippen LogP contribution in [0, 0.1) is 17.5 Å². The van der Waals surface area contributed by atoms with Crippen molar-refractivity contribution >= 4 is 20.0 Å². The molecule has 24 heavy (non-hydrogen) atoms. The lowest BCUT2D eigenvalue weighted by Crippen LogP contribution is -2.24. The van der Waals surface area contributed by atoms with Gasteiger partial charge in [-0.15, -0.1) is 0 Å². The predicted molar refractivity (Wildman–Crippen MR) is 78.2 cm³/mol. The highest BCUT2D eigenvalue weighted by Gasteiger charge is 2.23. The second-order valence-corrected chi connectivity index (χ2v) is 7.98. The van der Waals surface area contributed by atoms with Crippen molar-refractivity contribution in [3.05, 3.63) is 59.4 Å². The zero-order valence-corrected chi connectivity index (χ0v) is 13.5. The van der Waals surface area contributed by atoms with Crippen LogP contribution in [0.15, 0.2) is 46.2 Å². The van der Waals surface area contributed by atoms with Crippen molar-refractivity contribution in [3.63, 3.8) is 0 Å². The monoisotopic (exact) mass is 380 g/mol. The van der Waals surface area contributed by atoms with Gasteiger partial charge in [0.05, 0.1) is 4.90 Å². The molecule has 3 N–H and O–H groups in total. The van der Waals surface area contributed by atoms with Gasteiger partial charge in [-0.2, -0.15) is 0 Å². The maximum atomic E-state index is 13.6. The quantitative estimate of drug-likeness (QED) is 0.761. The minimum absolute atomic E-state index is 0.166. The van der Waals surface area contributed by atoms with Crippen molar-refractivity contribution in [2.75, 3.05) is 0 Å². The largest absolute Gasteiger partial charge is 0.243 e. The van der Waals surface area contributed by atoms with Crippen molar-refractivity contribution in [1.82, 2.24) is 4.72 Å². The van der Waals surface area contributed by atoms with E-state index in [0.717, 1.165) is 12.1 Å². The SMILES string of the molecule is NS(=O)(=O)c1ccc(CNS(=O)(=O)c2ccc(F)c(F)c2F)cc1. The third kappa shape index (κ3) is 3.93. The Morgan fingerprint density at radius 2 is 1.46 bits per heavy atom. The minimum Gasteiger partial charge on any atom is -0.225 e. The molecule has 0 heterocycles. The third-order valence-electron chi connectivity index (χ3n) is 3.01. The van der Waals surface area contributed by atoms with Gasteiger partial charge in [0.25, 0.3) is 0 Å². The Balaban J connectivity index is 2.21. The maximum Gasteiger partial charge on any atom is 0.243 e. The van der Waals surface area contributed by atoms with Crippen LogP contribution in [0.25, 0.3) is 0 Å². The van der Waals surface area contributed by atoms with Gasteiger partial charge < -0.3 is 0 Å². The fourth-order valence-corrected chi connectivity index (χ4v) is 3.37. The van der Waals surface area contributed by atoms with E-state index in [0.29, 0.717) is 17.7 Å². The first-order valence-electron chi connectivity index (χ1n) is 6.27. The van der Waals surface area contributed by atoms with E-state index in [4.69, 9.17) is 5.14 Å². The summed E-state index contributed by atoms with van der Waals surface area (Å²) in [6, 6.07) is 6.01. The van der Waals surface area contributed by atoms with E-state index in [1.807, 2.05) is 4.72 Å². The number of primary sulfonamides is 1. The molecule has 0 aliphatic rings. The van der Waals surface area contributed by atoms with Crippen molar-refractivity contribution < 1.29 is 30.0 Å². The molecule has 0 aliphatic carbocycles. The lowest BCUT2D eigenvalue weighted by Gasteiger charge is -2.09. The Morgan fingerprint density at radius 1 is 0.875 bits per heavy atom. The summed E-state index contributed by atoms with van der Waals surface area (Å²) in [4.78, 5) is -1.21. The highest BCUT2D eigenvalue weighted by molar-refractivity contribution is 7.89. The number of sulfonamides is 2. The summed E-state index contributed by atoms with van der Waals surface area (Å²) in [5, 5.41) is 4.92. The van der Waals surface area contributed by atoms with E-state index in [2.05, 4.69) is 0 Å². The summed E-state index contributed by atoms with van der Waals surface area (Å²) >= 11 is 0. The number of benzene rings is 2. The van der Waals surface area contributed by atoms with Crippen LogP contribution < -0.4 is 9.86 Å². The molecule has 2 rings (SSSR count). The molecule has 2 aromatic carbocycles. The lowest BCUT2D eigenvalue weighted by atomic mass is 10.2. The fraction of sp³-hybridized carbons (Fsp3) is 0.0769. The van der Waals surface area contributed by atoms with Crippen LogP contribution in [-0.2, 0) is 26.6 Å². The van der Waals surface area contributed by atoms with Crippen LogP contribution >= 0.6 is 0 Å². The molecule has 2 aromatic rings. The molecule has 0 bridgehead atoms. The summed E-state index contributed by atoms with van der Waals surface area (Å²) in [5.41, 5.74) is 0.342. The van der Waals surface area contributed by atoms with Gasteiger partial charge in [0, 0.05) is 6.54 Å². The Kier molecular flexibility index (Phi) is 4.99. The van der Waals surface area contributed by atoms with Crippen molar-refractivity contribution in [1.29, 1.82) is 0 Å². The first kappa shape index (κ1) is 18.4. The maximum absolute atomic E-state index is 13.6. The number of hydrogen-bond donors (Lipinski definition) is 2. The average Bonchev–Trinajstić information content (AvgIpc) is 2.50. The molecule has 0 aliphatic heterocycles. The first-order valence-corrected chi connectivity index (χ1v) is 9.30. The zero-order valence-electron chi connectivity index (χ0n) is 11.8. The Hall–Kier alpha value is -1.95. The van der Waals surface area contributed by atoms with E-state index in [9.17, 15) is 30.0 Å². The van der Waals surface area contributed by atoms with Gasteiger partial charge in [-0.05, 0) is 29.8 Å². The van der Waals surface area contributed by atoms with Crippen molar-refractivity contribution in [2.45, 2.75) is 16.3 Å². The number of nitrogens with two attached hydrogens (primary N) is 1. The third-order valence-corrected chi connectivity index (χ3v) is 5.36. The van der Waals surface area contributed by atoms with Crippen LogP contribution in [0.1, 0.15) is 5.56 Å². The van der Waals surface area contributed by atoms with Gasteiger partial charge in [0.2, 0.25) is 20.0 Å². The van der Waals surface area contributed by atoms with Gasteiger partial charge in [-0.25, -0.2) is 39.9 Å². The summed E-state index contributed by atoms with van der Waals surface area (Å²) in [6.07, 6.45) is 0. The fourth-order valence-electron chi connectivity index (χ4n) is 1.77. The molecule has 0 unspecified atom stereocenters. The minimum atomic E-state index is -4.44. The number of halogens is 3. The molecule has 0 radical (unpaired) electrons. The highest BCUT2D eigenvalue weighted by atomic mass is 32.2. The molecule has 0 atom stereocenters. The molecule has 0 aromatic heterocycles. The van der Waals surface area contributed by atoms with E-state index in [1.54, 1.807) is 0 Å². The normalized spacial score (nSPS) is 12.3. The van der Waals surface area contributed by atoms with Gasteiger partial charge in [0.15, 0.2) is 17.5 Å². The van der Waals surface area contributed by atoms with Gasteiger partial charge in [-0.1, -0.05) is 12.1 Å². The molecule has 0 spiro atoms. The zero-order chi connectivity index (χ0) is 18.1. The van der Waals surface area contributed by atoms with Crippen LogP contribution in [-0.4, -0.2) is 16.8 Å². The second kappa shape index (κ2) is 6.51. The van der Waals surface area contributed by atoms with Crippen LogP contribution in [0.4, 0.5) is 13.2 Å². The molecule has 0 saturated carbocycles. The van der Waals surface area contributed by atoms with Crippen LogP contribution in [0.5, 0.6) is 0 Å². The highest BCUT2D eigenvalue weighted by Crippen LogP contribution is 2.20. The second-order valence-electron chi connectivity index (χ2n) is 4.69. The van der Waals surface area contributed by atoms with Crippen LogP contribution in [0.3, 0.4) is 0 Å². The summed E-state index contributed by atoms with van der Waals surface area (Å²) in [5.74, 6) is -5.23. The van der Waals surface area contributed by atoms with E-state index < -0.39 is 42.4 Å². The Bertz CT molecular complexity index is 975. The molecular formula is C13H11F3N2O4S2. The van der Waals surface area contributed by atoms with E-state index in [-0.39, 0.29) is 11.4 Å². The Morgan fingerprint density at radius 3 is 2.00 bits per heavy atom. The van der Waals surface area contributed by atoms with Crippen LogP contribution in [0.2, 0.25) is 0 Å². The summed E-state index contributed by atoms with van der Waals surface area (Å²) in [6.45, 7) is -0.328. The van der Waals surface area contributed by atoms with Crippen molar-refractivity contribution in [3.8, 4) is 0 Å². The van der Waals surface area contributed by atoms with E-state index >= 15 is 0 Å².